The van der Waals surface area contributed by atoms with Crippen LogP contribution in [-0.2, 0) is 6.54 Å². The molecule has 2 N–H and O–H groups in total. The summed E-state index contributed by atoms with van der Waals surface area (Å²) < 4.78 is 15.9. The molecule has 0 unspecified atom stereocenters. The fourth-order valence-electron chi connectivity index (χ4n) is 2.81. The normalized spacial score (nSPS) is 17.2. The second-order valence-corrected chi connectivity index (χ2v) is 5.85. The first-order valence-electron chi connectivity index (χ1n) is 7.09. The van der Waals surface area contributed by atoms with E-state index in [1.54, 1.807) is 18.2 Å². The van der Waals surface area contributed by atoms with Gasteiger partial charge in [-0.05, 0) is 25.0 Å². The van der Waals surface area contributed by atoms with Gasteiger partial charge < -0.3 is 5.73 Å². The van der Waals surface area contributed by atoms with Crippen molar-refractivity contribution < 1.29 is 4.39 Å². The third kappa shape index (κ3) is 3.19. The summed E-state index contributed by atoms with van der Waals surface area (Å²) in [7, 11) is 0. The highest BCUT2D eigenvalue weighted by atomic mass is 35.5. The van der Waals surface area contributed by atoms with Crippen molar-refractivity contribution in [3.8, 4) is 0 Å². The molecule has 0 radical (unpaired) electrons. The highest BCUT2D eigenvalue weighted by molar-refractivity contribution is 6.30. The molecule has 1 saturated heterocycles. The molecule has 2 heterocycles. The zero-order valence-corrected chi connectivity index (χ0v) is 12.4. The van der Waals surface area contributed by atoms with Gasteiger partial charge in [-0.1, -0.05) is 23.7 Å². The van der Waals surface area contributed by atoms with Gasteiger partial charge in [-0.3, -0.25) is 9.58 Å². The van der Waals surface area contributed by atoms with Crippen molar-refractivity contribution in [1.82, 2.24) is 14.7 Å². The first-order valence-corrected chi connectivity index (χ1v) is 7.47. The van der Waals surface area contributed by atoms with Crippen molar-refractivity contribution in [3.05, 3.63) is 46.9 Å². The van der Waals surface area contributed by atoms with Gasteiger partial charge in [-0.25, -0.2) is 4.39 Å². The number of nitrogens with two attached hydrogens (primary N) is 1. The molecule has 0 spiro atoms. The smallest absolute Gasteiger partial charge is 0.146 e. The quantitative estimate of drug-likeness (QED) is 0.948. The first-order chi connectivity index (χ1) is 10.1. The lowest BCUT2D eigenvalue weighted by Gasteiger charge is -2.32. The van der Waals surface area contributed by atoms with Crippen LogP contribution in [-0.4, -0.2) is 27.8 Å². The van der Waals surface area contributed by atoms with Gasteiger partial charge in [-0.2, -0.15) is 5.10 Å². The average molecular weight is 309 g/mol. The van der Waals surface area contributed by atoms with Crippen molar-refractivity contribution in [2.24, 2.45) is 0 Å². The minimum Gasteiger partial charge on any atom is -0.382 e. The highest BCUT2D eigenvalue weighted by Crippen LogP contribution is 2.25. The van der Waals surface area contributed by atoms with Crippen molar-refractivity contribution >= 4 is 17.4 Å². The van der Waals surface area contributed by atoms with Gasteiger partial charge >= 0.3 is 0 Å². The lowest BCUT2D eigenvalue weighted by atomic mass is 10.0. The van der Waals surface area contributed by atoms with Crippen LogP contribution in [0.15, 0.2) is 30.5 Å². The van der Waals surface area contributed by atoms with E-state index in [2.05, 4.69) is 10.00 Å². The Kier molecular flexibility index (Phi) is 4.12. The molecule has 3 rings (SSSR count). The number of halogens is 2. The highest BCUT2D eigenvalue weighted by Gasteiger charge is 2.22. The summed E-state index contributed by atoms with van der Waals surface area (Å²) in [5.41, 5.74) is 6.31. The number of hydrogen-bond donors (Lipinski definition) is 1. The van der Waals surface area contributed by atoms with E-state index in [9.17, 15) is 4.39 Å². The summed E-state index contributed by atoms with van der Waals surface area (Å²) in [5.74, 6) is 0.250. The van der Waals surface area contributed by atoms with Gasteiger partial charge in [0.2, 0.25) is 0 Å². The number of benzene rings is 1. The number of anilines is 1. The topological polar surface area (TPSA) is 47.1 Å². The van der Waals surface area contributed by atoms with E-state index in [0.717, 1.165) is 25.9 Å². The van der Waals surface area contributed by atoms with Crippen molar-refractivity contribution in [2.45, 2.75) is 25.4 Å². The molecular weight excluding hydrogens is 291 g/mol. The number of piperidine rings is 1. The summed E-state index contributed by atoms with van der Waals surface area (Å²) in [6.07, 6.45) is 3.90. The molecule has 1 aromatic carbocycles. The summed E-state index contributed by atoms with van der Waals surface area (Å²) in [6.45, 7) is 2.42. The predicted octanol–water partition coefficient (Wildman–Crippen LogP) is 3.09. The molecule has 2 aromatic rings. The lowest BCUT2D eigenvalue weighted by Crippen LogP contribution is -2.34. The van der Waals surface area contributed by atoms with Crippen LogP contribution in [0.2, 0.25) is 5.02 Å². The van der Waals surface area contributed by atoms with E-state index < -0.39 is 0 Å². The largest absolute Gasteiger partial charge is 0.382 e. The SMILES string of the molecule is Nc1ccn(C2CCN(Cc3cccc(Cl)c3F)CC2)n1. The molecule has 1 aromatic heterocycles. The van der Waals surface area contributed by atoms with Crippen LogP contribution in [0.4, 0.5) is 10.2 Å². The number of nitrogen functional groups attached to an aromatic ring is 1. The molecule has 112 valence electrons. The zero-order chi connectivity index (χ0) is 14.8. The van der Waals surface area contributed by atoms with Crippen LogP contribution in [0.1, 0.15) is 24.4 Å². The zero-order valence-electron chi connectivity index (χ0n) is 11.7. The van der Waals surface area contributed by atoms with E-state index in [1.807, 2.05) is 16.9 Å². The van der Waals surface area contributed by atoms with E-state index in [4.69, 9.17) is 17.3 Å². The first kappa shape index (κ1) is 14.4. The molecule has 4 nitrogen and oxygen atoms in total. The van der Waals surface area contributed by atoms with E-state index in [1.165, 1.54) is 0 Å². The minimum absolute atomic E-state index is 0.189. The van der Waals surface area contributed by atoms with Crippen LogP contribution in [0.3, 0.4) is 0 Å². The predicted molar refractivity (Wildman–Crippen MR) is 81.6 cm³/mol. The van der Waals surface area contributed by atoms with Gasteiger partial charge in [0.15, 0.2) is 0 Å². The molecule has 1 aliphatic rings. The Balaban J connectivity index is 1.60. The van der Waals surface area contributed by atoms with Gasteiger partial charge in [0.25, 0.3) is 0 Å². The standard InChI is InChI=1S/C15H18ClFN4/c16-13-3-1-2-11(15(13)17)10-20-7-4-12(5-8-20)21-9-6-14(18)19-21/h1-3,6,9,12H,4-5,7-8,10H2,(H2,18,19). The Morgan fingerprint density at radius 2 is 2.05 bits per heavy atom. The number of nitrogens with zero attached hydrogens (tertiary/aromatic N) is 3. The maximum atomic E-state index is 13.9. The molecule has 0 bridgehead atoms. The minimum atomic E-state index is -0.305. The van der Waals surface area contributed by atoms with Gasteiger partial charge in [0.1, 0.15) is 11.6 Å². The molecule has 0 aliphatic carbocycles. The fourth-order valence-corrected chi connectivity index (χ4v) is 3.00. The summed E-state index contributed by atoms with van der Waals surface area (Å²) in [4.78, 5) is 2.25. The summed E-state index contributed by atoms with van der Waals surface area (Å²) in [5, 5.41) is 4.46. The van der Waals surface area contributed by atoms with Crippen LogP contribution in [0.5, 0.6) is 0 Å². The van der Waals surface area contributed by atoms with Crippen LogP contribution in [0.25, 0.3) is 0 Å². The molecular formula is C15H18ClFN4. The number of aromatic nitrogens is 2. The maximum absolute atomic E-state index is 13.9. The average Bonchev–Trinajstić information content (AvgIpc) is 2.91. The van der Waals surface area contributed by atoms with Crippen LogP contribution in [0, 0.1) is 5.82 Å². The lowest BCUT2D eigenvalue weighted by molar-refractivity contribution is 0.172. The molecule has 6 heteroatoms. The molecule has 0 atom stereocenters. The van der Waals surface area contributed by atoms with E-state index in [-0.39, 0.29) is 10.8 Å². The van der Waals surface area contributed by atoms with Crippen LogP contribution >= 0.6 is 11.6 Å². The number of rotatable bonds is 3. The molecule has 1 aliphatic heterocycles. The van der Waals surface area contributed by atoms with Crippen molar-refractivity contribution in [1.29, 1.82) is 0 Å². The Hall–Kier alpha value is -1.59. The maximum Gasteiger partial charge on any atom is 0.146 e. The number of likely N-dealkylation sites (tertiary alicyclic amines) is 1. The van der Waals surface area contributed by atoms with Crippen LogP contribution < -0.4 is 5.73 Å². The molecule has 0 saturated carbocycles. The van der Waals surface area contributed by atoms with E-state index >= 15 is 0 Å². The molecule has 21 heavy (non-hydrogen) atoms. The van der Waals surface area contributed by atoms with E-state index in [0.29, 0.717) is 24.0 Å². The van der Waals surface area contributed by atoms with Gasteiger partial charge in [0.05, 0.1) is 11.1 Å². The Labute approximate surface area is 128 Å². The van der Waals surface area contributed by atoms with Crippen molar-refractivity contribution in [2.75, 3.05) is 18.8 Å². The van der Waals surface area contributed by atoms with Crippen molar-refractivity contribution in [3.63, 3.8) is 0 Å². The molecule has 0 amide bonds. The summed E-state index contributed by atoms with van der Waals surface area (Å²) in [6, 6.07) is 7.35. The Morgan fingerprint density at radius 1 is 1.29 bits per heavy atom. The summed E-state index contributed by atoms with van der Waals surface area (Å²) >= 11 is 5.82. The monoisotopic (exact) mass is 308 g/mol. The van der Waals surface area contributed by atoms with Gasteiger partial charge in [0, 0.05) is 31.4 Å². The fraction of sp³-hybridized carbons (Fsp3) is 0.400. The molecule has 1 fully saturated rings. The van der Waals surface area contributed by atoms with Gasteiger partial charge in [-0.15, -0.1) is 0 Å². The third-order valence-electron chi connectivity index (χ3n) is 3.99. The Bertz CT molecular complexity index is 620. The Morgan fingerprint density at radius 3 is 2.71 bits per heavy atom. The number of hydrogen-bond acceptors (Lipinski definition) is 3. The second kappa shape index (κ2) is 6.03. The second-order valence-electron chi connectivity index (χ2n) is 5.44. The third-order valence-corrected chi connectivity index (χ3v) is 4.28.